The van der Waals surface area contributed by atoms with Crippen molar-refractivity contribution < 1.29 is 0 Å². The van der Waals surface area contributed by atoms with Gasteiger partial charge in [-0.25, -0.2) is 0 Å². The van der Waals surface area contributed by atoms with E-state index in [1.54, 1.807) is 0 Å². The molecular weight excluding hydrogens is 601 g/mol. The Labute approximate surface area is 290 Å². The molecule has 11 rings (SSSR count). The monoisotopic (exact) mass is 632 g/mol. The molecule has 50 heavy (non-hydrogen) atoms. The third-order valence-electron chi connectivity index (χ3n) is 11.3. The number of hydrogen-bond acceptors (Lipinski definition) is 0. The Morgan fingerprint density at radius 1 is 0.260 bits per heavy atom. The van der Waals surface area contributed by atoms with Crippen molar-refractivity contribution in [1.29, 1.82) is 0 Å². The number of rotatable bonds is 3. The minimum Gasteiger partial charge on any atom is -0.0622 e. The van der Waals surface area contributed by atoms with Gasteiger partial charge in [-0.3, -0.25) is 0 Å². The molecule has 0 saturated heterocycles. The van der Waals surface area contributed by atoms with Crippen LogP contribution >= 0.6 is 0 Å². The maximum atomic E-state index is 2.53. The van der Waals surface area contributed by atoms with Crippen molar-refractivity contribution in [2.24, 2.45) is 0 Å². The first-order chi connectivity index (χ1) is 24.7. The van der Waals surface area contributed by atoms with Gasteiger partial charge in [-0.2, -0.15) is 0 Å². The molecule has 0 amide bonds. The summed E-state index contributed by atoms with van der Waals surface area (Å²) in [6, 6.07) is 59.2. The fourth-order valence-corrected chi connectivity index (χ4v) is 9.43. The second-order valence-corrected chi connectivity index (χ2v) is 14.0. The summed E-state index contributed by atoms with van der Waals surface area (Å²) in [4.78, 5) is 0. The van der Waals surface area contributed by atoms with E-state index >= 15 is 0 Å². The molecule has 0 atom stereocenters. The van der Waals surface area contributed by atoms with E-state index in [1.807, 2.05) is 0 Å². The maximum Gasteiger partial charge on any atom is -0.000719 e. The van der Waals surface area contributed by atoms with Crippen LogP contribution in [0.2, 0.25) is 0 Å². The van der Waals surface area contributed by atoms with Crippen molar-refractivity contribution in [1.82, 2.24) is 0 Å². The lowest BCUT2D eigenvalue weighted by Gasteiger charge is -2.19. The van der Waals surface area contributed by atoms with Crippen LogP contribution in [0, 0.1) is 13.8 Å². The molecule has 11 aromatic carbocycles. The molecule has 0 radical (unpaired) electrons. The molecule has 0 aliphatic heterocycles. The van der Waals surface area contributed by atoms with Crippen LogP contribution in [-0.4, -0.2) is 0 Å². The van der Waals surface area contributed by atoms with Gasteiger partial charge in [0.15, 0.2) is 0 Å². The highest BCUT2D eigenvalue weighted by Gasteiger charge is 2.26. The van der Waals surface area contributed by atoms with Crippen LogP contribution in [0.3, 0.4) is 0 Å². The zero-order valence-electron chi connectivity index (χ0n) is 28.0. The van der Waals surface area contributed by atoms with E-state index in [-0.39, 0.29) is 0 Å². The first-order valence-corrected chi connectivity index (χ1v) is 17.6. The molecule has 11 aromatic rings. The molecular formula is C50H32. The predicted molar refractivity (Wildman–Crippen MR) is 217 cm³/mol. The largest absolute Gasteiger partial charge is 0.0622 e. The minimum absolute atomic E-state index is 1.25. The number of hydrogen-bond donors (Lipinski definition) is 0. The average Bonchev–Trinajstić information content (AvgIpc) is 3.66. The van der Waals surface area contributed by atoms with Gasteiger partial charge in [-0.05, 0) is 152 Å². The van der Waals surface area contributed by atoms with E-state index in [1.165, 1.54) is 120 Å². The highest BCUT2D eigenvalue weighted by molar-refractivity contribution is 6.45. The molecule has 0 saturated carbocycles. The standard InChI is InChI=1S/C50H32/c1-29-14-11-15-30(2)43(29)34-26-33-20-12-24-38-44(33)41(27-34)50-45(31-16-5-3-6-17-31)42-28-40-36-22-10-9-21-35(36)37-23-13-25-39(47(37)40)48(42)46(49(38)50)32-18-7-4-8-19-32/h3-28H,1-2H3. The van der Waals surface area contributed by atoms with Crippen molar-refractivity contribution in [2.75, 3.05) is 0 Å². The molecule has 0 N–H and O–H groups in total. The van der Waals surface area contributed by atoms with E-state index in [9.17, 15) is 0 Å². The van der Waals surface area contributed by atoms with Crippen LogP contribution < -0.4 is 0 Å². The van der Waals surface area contributed by atoms with Gasteiger partial charge in [-0.15, -0.1) is 0 Å². The summed E-state index contributed by atoms with van der Waals surface area (Å²) in [5.41, 5.74) is 10.4. The summed E-state index contributed by atoms with van der Waals surface area (Å²) in [7, 11) is 0. The van der Waals surface area contributed by atoms with Crippen molar-refractivity contribution in [3.8, 4) is 33.4 Å². The van der Waals surface area contributed by atoms with Crippen LogP contribution in [0.5, 0.6) is 0 Å². The predicted octanol–water partition coefficient (Wildman–Crippen LogP) is 14.3. The lowest BCUT2D eigenvalue weighted by molar-refractivity contribution is 1.38. The van der Waals surface area contributed by atoms with Gasteiger partial charge < -0.3 is 0 Å². The van der Waals surface area contributed by atoms with Crippen LogP contribution in [0.4, 0.5) is 0 Å². The van der Waals surface area contributed by atoms with Gasteiger partial charge in [0.05, 0.1) is 0 Å². The normalized spacial score (nSPS) is 12.2. The van der Waals surface area contributed by atoms with Crippen molar-refractivity contribution in [3.05, 3.63) is 169 Å². The highest BCUT2D eigenvalue weighted by Crippen LogP contribution is 2.55. The zero-order chi connectivity index (χ0) is 33.1. The molecule has 0 aliphatic rings. The Balaban J connectivity index is 1.48. The molecule has 0 heteroatoms. The molecule has 0 unspecified atom stereocenters. The molecule has 0 fully saturated rings. The molecule has 0 bridgehead atoms. The summed E-state index contributed by atoms with van der Waals surface area (Å²) in [6.07, 6.45) is 0. The van der Waals surface area contributed by atoms with Crippen LogP contribution in [0.25, 0.3) is 109 Å². The number of fused-ring (bicyclic) bond motifs is 8. The number of aryl methyl sites for hydroxylation is 2. The molecule has 0 heterocycles. The minimum atomic E-state index is 1.25. The van der Waals surface area contributed by atoms with E-state index < -0.39 is 0 Å². The summed E-state index contributed by atoms with van der Waals surface area (Å²) in [6.45, 7) is 4.49. The van der Waals surface area contributed by atoms with Crippen molar-refractivity contribution >= 4 is 75.4 Å². The number of benzene rings is 9. The second-order valence-electron chi connectivity index (χ2n) is 14.0. The SMILES string of the molecule is Cc1cccc(C)c1-c1cc2cccc3c4c(-c5ccccc5)c5c(cc6c7ccccc7c7cccc5c76)c(-c5ccccc5)c4c(c1)c23. The maximum absolute atomic E-state index is 2.53. The van der Waals surface area contributed by atoms with Gasteiger partial charge in [-0.1, -0.05) is 140 Å². The molecule has 0 aromatic heterocycles. The summed E-state index contributed by atoms with van der Waals surface area (Å²) in [5, 5.41) is 18.6. The summed E-state index contributed by atoms with van der Waals surface area (Å²) < 4.78 is 0. The fourth-order valence-electron chi connectivity index (χ4n) is 9.43. The van der Waals surface area contributed by atoms with Crippen molar-refractivity contribution in [3.63, 3.8) is 0 Å². The van der Waals surface area contributed by atoms with Gasteiger partial charge in [0.25, 0.3) is 0 Å². The van der Waals surface area contributed by atoms with Gasteiger partial charge in [0, 0.05) is 0 Å². The summed E-state index contributed by atoms with van der Waals surface area (Å²) >= 11 is 0. The lowest BCUT2D eigenvalue weighted by atomic mass is 9.83. The Morgan fingerprint density at radius 3 is 1.52 bits per heavy atom. The van der Waals surface area contributed by atoms with Crippen LogP contribution in [-0.2, 0) is 0 Å². The lowest BCUT2D eigenvalue weighted by Crippen LogP contribution is -1.91. The van der Waals surface area contributed by atoms with Gasteiger partial charge in [0.2, 0.25) is 0 Å². The molecule has 0 spiro atoms. The Bertz CT molecular complexity index is 3110. The molecule has 0 nitrogen and oxygen atoms in total. The Hall–Kier alpha value is -6.24. The fraction of sp³-hybridized carbons (Fsp3) is 0.0400. The van der Waals surface area contributed by atoms with Gasteiger partial charge >= 0.3 is 0 Å². The Morgan fingerprint density at radius 2 is 0.800 bits per heavy atom. The first-order valence-electron chi connectivity index (χ1n) is 17.6. The Kier molecular flexibility index (Phi) is 5.61. The summed E-state index contributed by atoms with van der Waals surface area (Å²) in [5.74, 6) is 0. The zero-order valence-corrected chi connectivity index (χ0v) is 28.0. The third-order valence-corrected chi connectivity index (χ3v) is 11.3. The second kappa shape index (κ2) is 10.1. The van der Waals surface area contributed by atoms with Crippen LogP contribution in [0.15, 0.2) is 158 Å². The van der Waals surface area contributed by atoms with E-state index in [2.05, 4.69) is 172 Å². The average molecular weight is 633 g/mol. The van der Waals surface area contributed by atoms with Gasteiger partial charge in [0.1, 0.15) is 0 Å². The third kappa shape index (κ3) is 3.60. The molecule has 232 valence electrons. The van der Waals surface area contributed by atoms with Crippen LogP contribution in [0.1, 0.15) is 11.1 Å². The molecule has 0 aliphatic carbocycles. The van der Waals surface area contributed by atoms with E-state index in [0.29, 0.717) is 0 Å². The first kappa shape index (κ1) is 27.7. The van der Waals surface area contributed by atoms with Crippen molar-refractivity contribution in [2.45, 2.75) is 13.8 Å². The van der Waals surface area contributed by atoms with E-state index in [4.69, 9.17) is 0 Å². The van der Waals surface area contributed by atoms with E-state index in [0.717, 1.165) is 0 Å². The highest BCUT2D eigenvalue weighted by atomic mass is 14.3. The smallest absolute Gasteiger partial charge is 0.000719 e. The topological polar surface area (TPSA) is 0 Å². The quantitative estimate of drug-likeness (QED) is 0.170.